The lowest BCUT2D eigenvalue weighted by atomic mass is 9.99. The molecule has 0 saturated carbocycles. The maximum atomic E-state index is 6.01. The van der Waals surface area contributed by atoms with E-state index in [0.717, 1.165) is 23.4 Å². The molecule has 2 aromatic carbocycles. The van der Waals surface area contributed by atoms with E-state index in [1.54, 1.807) is 0 Å². The standard InChI is InChI=1S/C16H19ClN2/c1-12-5-7-13(8-6-12)9-10-16(19-18)14-3-2-4-15(17)11-14/h2-8,11,16,19H,9-10,18H2,1H3. The quantitative estimate of drug-likeness (QED) is 0.643. The first-order valence-corrected chi connectivity index (χ1v) is 6.84. The van der Waals surface area contributed by atoms with Crippen molar-refractivity contribution in [3.63, 3.8) is 0 Å². The van der Waals surface area contributed by atoms with Crippen molar-refractivity contribution in [3.8, 4) is 0 Å². The topological polar surface area (TPSA) is 38.0 Å². The zero-order valence-corrected chi connectivity index (χ0v) is 11.8. The van der Waals surface area contributed by atoms with E-state index in [0.29, 0.717) is 0 Å². The van der Waals surface area contributed by atoms with Crippen molar-refractivity contribution < 1.29 is 0 Å². The van der Waals surface area contributed by atoms with Crippen LogP contribution < -0.4 is 11.3 Å². The molecule has 19 heavy (non-hydrogen) atoms. The van der Waals surface area contributed by atoms with Crippen LogP contribution in [0.4, 0.5) is 0 Å². The Balaban J connectivity index is 2.01. The number of nitrogens with one attached hydrogen (secondary N) is 1. The van der Waals surface area contributed by atoms with E-state index in [9.17, 15) is 0 Å². The molecule has 0 saturated heterocycles. The summed E-state index contributed by atoms with van der Waals surface area (Å²) < 4.78 is 0. The molecule has 0 aromatic heterocycles. The first kappa shape index (κ1) is 14.1. The highest BCUT2D eigenvalue weighted by Crippen LogP contribution is 2.21. The van der Waals surface area contributed by atoms with Gasteiger partial charge < -0.3 is 0 Å². The van der Waals surface area contributed by atoms with E-state index in [1.165, 1.54) is 11.1 Å². The molecule has 2 aromatic rings. The molecule has 1 unspecified atom stereocenters. The predicted octanol–water partition coefficient (Wildman–Crippen LogP) is 3.79. The lowest BCUT2D eigenvalue weighted by molar-refractivity contribution is 0.516. The molecular weight excluding hydrogens is 256 g/mol. The monoisotopic (exact) mass is 274 g/mol. The highest BCUT2D eigenvalue weighted by molar-refractivity contribution is 6.30. The molecule has 0 amide bonds. The molecule has 0 fully saturated rings. The van der Waals surface area contributed by atoms with Gasteiger partial charge in [-0.1, -0.05) is 53.6 Å². The first-order chi connectivity index (χ1) is 9.19. The SMILES string of the molecule is Cc1ccc(CCC(NN)c2cccc(Cl)c2)cc1. The van der Waals surface area contributed by atoms with Crippen LogP contribution in [0.1, 0.15) is 29.2 Å². The third-order valence-electron chi connectivity index (χ3n) is 3.29. The van der Waals surface area contributed by atoms with Gasteiger partial charge in [0.25, 0.3) is 0 Å². The Morgan fingerprint density at radius 3 is 2.53 bits per heavy atom. The summed E-state index contributed by atoms with van der Waals surface area (Å²) >= 11 is 6.01. The van der Waals surface area contributed by atoms with E-state index in [4.69, 9.17) is 17.4 Å². The Morgan fingerprint density at radius 1 is 1.16 bits per heavy atom. The van der Waals surface area contributed by atoms with Gasteiger partial charge in [-0.3, -0.25) is 11.3 Å². The number of nitrogens with two attached hydrogens (primary N) is 1. The lowest BCUT2D eigenvalue weighted by Gasteiger charge is -2.16. The fraction of sp³-hybridized carbons (Fsp3) is 0.250. The number of hydrogen-bond donors (Lipinski definition) is 2. The maximum absolute atomic E-state index is 6.01. The van der Waals surface area contributed by atoms with Crippen molar-refractivity contribution in [2.45, 2.75) is 25.8 Å². The highest BCUT2D eigenvalue weighted by atomic mass is 35.5. The van der Waals surface area contributed by atoms with Gasteiger partial charge in [0.05, 0.1) is 0 Å². The van der Waals surface area contributed by atoms with Crippen molar-refractivity contribution in [2.24, 2.45) is 5.84 Å². The van der Waals surface area contributed by atoms with Crippen LogP contribution >= 0.6 is 11.6 Å². The molecule has 3 N–H and O–H groups in total. The molecule has 0 aliphatic carbocycles. The average Bonchev–Trinajstić information content (AvgIpc) is 2.42. The fourth-order valence-electron chi connectivity index (χ4n) is 2.14. The van der Waals surface area contributed by atoms with Crippen LogP contribution in [0.15, 0.2) is 48.5 Å². The minimum absolute atomic E-state index is 0.125. The Labute approximate surface area is 119 Å². The molecule has 0 aliphatic rings. The second-order valence-electron chi connectivity index (χ2n) is 4.80. The minimum atomic E-state index is 0.125. The van der Waals surface area contributed by atoms with Crippen LogP contribution in [-0.2, 0) is 6.42 Å². The summed E-state index contributed by atoms with van der Waals surface area (Å²) in [6, 6.07) is 16.6. The summed E-state index contributed by atoms with van der Waals surface area (Å²) in [7, 11) is 0. The van der Waals surface area contributed by atoms with Crippen LogP contribution in [0.25, 0.3) is 0 Å². The van der Waals surface area contributed by atoms with E-state index in [2.05, 4.69) is 36.6 Å². The van der Waals surface area contributed by atoms with Gasteiger partial charge in [0.1, 0.15) is 0 Å². The third-order valence-corrected chi connectivity index (χ3v) is 3.53. The van der Waals surface area contributed by atoms with Crippen molar-refractivity contribution in [2.75, 3.05) is 0 Å². The van der Waals surface area contributed by atoms with Crippen molar-refractivity contribution in [1.29, 1.82) is 0 Å². The van der Waals surface area contributed by atoms with Gasteiger partial charge in [-0.15, -0.1) is 0 Å². The second kappa shape index (κ2) is 6.71. The predicted molar refractivity (Wildman–Crippen MR) is 81.0 cm³/mol. The van der Waals surface area contributed by atoms with Crippen LogP contribution in [0.3, 0.4) is 0 Å². The van der Waals surface area contributed by atoms with E-state index in [-0.39, 0.29) is 6.04 Å². The lowest BCUT2D eigenvalue weighted by Crippen LogP contribution is -2.28. The molecule has 3 heteroatoms. The number of rotatable bonds is 5. The normalized spacial score (nSPS) is 12.4. The second-order valence-corrected chi connectivity index (χ2v) is 5.23. The summed E-state index contributed by atoms with van der Waals surface area (Å²) in [5.41, 5.74) is 6.61. The van der Waals surface area contributed by atoms with Crippen LogP contribution in [-0.4, -0.2) is 0 Å². The third kappa shape index (κ3) is 4.06. The summed E-state index contributed by atoms with van der Waals surface area (Å²) in [5, 5.41) is 0.744. The Hall–Kier alpha value is -1.35. The molecule has 0 spiro atoms. The number of halogens is 1. The minimum Gasteiger partial charge on any atom is -0.271 e. The molecular formula is C16H19ClN2. The van der Waals surface area contributed by atoms with Gasteiger partial charge in [-0.25, -0.2) is 0 Å². The number of hydrazine groups is 1. The van der Waals surface area contributed by atoms with Gasteiger partial charge in [-0.05, 0) is 43.0 Å². The van der Waals surface area contributed by atoms with Crippen molar-refractivity contribution in [3.05, 3.63) is 70.2 Å². The summed E-state index contributed by atoms with van der Waals surface area (Å²) in [5.74, 6) is 5.65. The van der Waals surface area contributed by atoms with Gasteiger partial charge in [0.15, 0.2) is 0 Å². The molecule has 0 radical (unpaired) electrons. The average molecular weight is 275 g/mol. The first-order valence-electron chi connectivity index (χ1n) is 6.46. The summed E-state index contributed by atoms with van der Waals surface area (Å²) in [4.78, 5) is 0. The van der Waals surface area contributed by atoms with E-state index >= 15 is 0 Å². The van der Waals surface area contributed by atoms with Crippen molar-refractivity contribution in [1.82, 2.24) is 5.43 Å². The molecule has 2 nitrogen and oxygen atoms in total. The zero-order valence-electron chi connectivity index (χ0n) is 11.1. The van der Waals surface area contributed by atoms with E-state index in [1.807, 2.05) is 24.3 Å². The Kier molecular flexibility index (Phi) is 4.97. The molecule has 2 rings (SSSR count). The van der Waals surface area contributed by atoms with Gasteiger partial charge in [0.2, 0.25) is 0 Å². The van der Waals surface area contributed by atoms with Crippen LogP contribution in [0, 0.1) is 6.92 Å². The Morgan fingerprint density at radius 2 is 1.89 bits per heavy atom. The number of hydrogen-bond acceptors (Lipinski definition) is 2. The summed E-state index contributed by atoms with van der Waals surface area (Å²) in [6.07, 6.45) is 1.93. The highest BCUT2D eigenvalue weighted by Gasteiger charge is 2.10. The molecule has 0 aliphatic heterocycles. The smallest absolute Gasteiger partial charge is 0.0463 e. The van der Waals surface area contributed by atoms with Gasteiger partial charge in [0, 0.05) is 11.1 Å². The van der Waals surface area contributed by atoms with Crippen LogP contribution in [0.2, 0.25) is 5.02 Å². The molecule has 0 heterocycles. The van der Waals surface area contributed by atoms with Gasteiger partial charge in [-0.2, -0.15) is 0 Å². The fourth-order valence-corrected chi connectivity index (χ4v) is 2.33. The van der Waals surface area contributed by atoms with Crippen molar-refractivity contribution >= 4 is 11.6 Å². The maximum Gasteiger partial charge on any atom is 0.0463 e. The van der Waals surface area contributed by atoms with Gasteiger partial charge >= 0.3 is 0 Å². The molecule has 100 valence electrons. The molecule has 1 atom stereocenters. The van der Waals surface area contributed by atoms with E-state index < -0.39 is 0 Å². The van der Waals surface area contributed by atoms with Crippen LogP contribution in [0.5, 0.6) is 0 Å². The molecule has 0 bridgehead atoms. The number of aryl methyl sites for hydroxylation is 2. The zero-order chi connectivity index (χ0) is 13.7. The Bertz CT molecular complexity index is 523. The summed E-state index contributed by atoms with van der Waals surface area (Å²) in [6.45, 7) is 2.10. The number of benzene rings is 2. The largest absolute Gasteiger partial charge is 0.271 e.